The molecule has 0 aliphatic heterocycles. The first-order valence-electron chi connectivity index (χ1n) is 7.35. The monoisotopic (exact) mass is 450 g/mol. The lowest BCUT2D eigenvalue weighted by molar-refractivity contribution is -0.384. The maximum atomic E-state index is 12.9. The molecule has 0 radical (unpaired) electrons. The minimum atomic E-state index is -4.27. The third-order valence-electron chi connectivity index (χ3n) is 3.54. The number of non-ortho nitro benzene ring substituents is 1. The molecule has 0 unspecified atom stereocenters. The molecule has 0 bridgehead atoms. The summed E-state index contributed by atoms with van der Waals surface area (Å²) in [5, 5.41) is 11.1. The molecule has 2 aromatic carbocycles. The molecule has 2 rings (SSSR count). The van der Waals surface area contributed by atoms with E-state index >= 15 is 0 Å². The summed E-state index contributed by atoms with van der Waals surface area (Å²) in [6, 6.07) is 10.5. The minimum absolute atomic E-state index is 0.149. The first-order chi connectivity index (χ1) is 12.4. The Morgan fingerprint density at radius 2 is 1.74 bits per heavy atom. The van der Waals surface area contributed by atoms with Gasteiger partial charge in [-0.15, -0.1) is 0 Å². The molecule has 27 heavy (non-hydrogen) atoms. The van der Waals surface area contributed by atoms with Crippen LogP contribution in [-0.2, 0) is 9.84 Å². The van der Waals surface area contributed by atoms with Crippen molar-refractivity contribution in [1.29, 1.82) is 0 Å². The zero-order valence-electron chi connectivity index (χ0n) is 13.7. The van der Waals surface area contributed by atoms with Gasteiger partial charge in [0.2, 0.25) is 13.6 Å². The lowest BCUT2D eigenvalue weighted by Crippen LogP contribution is -2.49. The molecule has 0 aromatic heterocycles. The minimum Gasteiger partial charge on any atom is -0.332 e. The molecular formula is C16H13Cl3N2O5S. The number of nitrogens with zero attached hydrogens (tertiary/aromatic N) is 1. The van der Waals surface area contributed by atoms with Crippen LogP contribution in [0.25, 0.3) is 0 Å². The van der Waals surface area contributed by atoms with Gasteiger partial charge in [0.05, 0.1) is 9.82 Å². The summed E-state index contributed by atoms with van der Waals surface area (Å²) in [7, 11) is -4.27. The summed E-state index contributed by atoms with van der Waals surface area (Å²) in [4.78, 5) is 22.4. The van der Waals surface area contributed by atoms with Crippen LogP contribution < -0.4 is 5.32 Å². The van der Waals surface area contributed by atoms with Crippen LogP contribution in [0.3, 0.4) is 0 Å². The van der Waals surface area contributed by atoms with E-state index in [1.807, 2.05) is 0 Å². The number of rotatable bonds is 5. The van der Waals surface area contributed by atoms with Gasteiger partial charge in [-0.3, -0.25) is 14.9 Å². The Bertz CT molecular complexity index is 972. The number of halogens is 3. The number of benzene rings is 2. The Kier molecular flexibility index (Phi) is 6.36. The van der Waals surface area contributed by atoms with Gasteiger partial charge in [-0.25, -0.2) is 8.42 Å². The molecule has 2 aromatic rings. The maximum absolute atomic E-state index is 12.9. The van der Waals surface area contributed by atoms with Crippen LogP contribution in [0.2, 0.25) is 0 Å². The fourth-order valence-electron chi connectivity index (χ4n) is 2.16. The predicted molar refractivity (Wildman–Crippen MR) is 103 cm³/mol. The second-order valence-electron chi connectivity index (χ2n) is 5.56. The highest BCUT2D eigenvalue weighted by atomic mass is 35.6. The van der Waals surface area contributed by atoms with Crippen molar-refractivity contribution >= 4 is 56.2 Å². The number of nitro groups is 1. The number of sulfone groups is 1. The molecule has 1 atom stereocenters. The number of aryl methyl sites for hydroxylation is 1. The summed E-state index contributed by atoms with van der Waals surface area (Å²) in [6.07, 6.45) is 0. The van der Waals surface area contributed by atoms with Gasteiger partial charge in [-0.2, -0.15) is 0 Å². The van der Waals surface area contributed by atoms with Gasteiger partial charge in [0.25, 0.3) is 11.6 Å². The summed E-state index contributed by atoms with van der Waals surface area (Å²) in [6.45, 7) is 1.77. The number of hydrogen-bond donors (Lipinski definition) is 1. The molecule has 0 spiro atoms. The first kappa shape index (κ1) is 21.4. The van der Waals surface area contributed by atoms with Crippen LogP contribution in [0.4, 0.5) is 5.69 Å². The van der Waals surface area contributed by atoms with Crippen LogP contribution in [0.15, 0.2) is 53.4 Å². The molecule has 144 valence electrons. The number of carbonyl (C=O) groups is 1. The number of hydrogen-bond acceptors (Lipinski definition) is 5. The van der Waals surface area contributed by atoms with E-state index in [0.29, 0.717) is 0 Å². The van der Waals surface area contributed by atoms with Crippen molar-refractivity contribution in [3.63, 3.8) is 0 Å². The van der Waals surface area contributed by atoms with Crippen molar-refractivity contribution in [3.8, 4) is 0 Å². The lowest BCUT2D eigenvalue weighted by Gasteiger charge is -2.25. The normalized spacial score (nSPS) is 13.0. The van der Waals surface area contributed by atoms with Crippen LogP contribution in [-0.4, -0.2) is 28.4 Å². The van der Waals surface area contributed by atoms with E-state index in [2.05, 4.69) is 5.32 Å². The van der Waals surface area contributed by atoms with Gasteiger partial charge >= 0.3 is 0 Å². The van der Waals surface area contributed by atoms with Crippen LogP contribution >= 0.6 is 34.8 Å². The summed E-state index contributed by atoms with van der Waals surface area (Å²) in [5.74, 6) is -0.939. The Morgan fingerprint density at radius 3 is 2.26 bits per heavy atom. The van der Waals surface area contributed by atoms with Gasteiger partial charge in [0, 0.05) is 17.7 Å². The SMILES string of the molecule is Cc1ccc(S(=O)(=O)[C@H](NC(=O)c2cccc([N+](=O)[O-])c2)C(Cl)(Cl)Cl)cc1. The largest absolute Gasteiger partial charge is 0.332 e. The fraction of sp³-hybridized carbons (Fsp3) is 0.188. The summed E-state index contributed by atoms with van der Waals surface area (Å²) >= 11 is 17.4. The van der Waals surface area contributed by atoms with Gasteiger partial charge in [-0.1, -0.05) is 58.6 Å². The van der Waals surface area contributed by atoms with Crippen LogP contribution in [0, 0.1) is 17.0 Å². The molecule has 0 saturated carbocycles. The number of carbonyl (C=O) groups excluding carboxylic acids is 1. The number of amides is 1. The van der Waals surface area contributed by atoms with E-state index in [4.69, 9.17) is 34.8 Å². The first-order valence-corrected chi connectivity index (χ1v) is 10.0. The smallest absolute Gasteiger partial charge is 0.270 e. The molecule has 0 fully saturated rings. The lowest BCUT2D eigenvalue weighted by atomic mass is 10.2. The molecule has 1 amide bonds. The average molecular weight is 452 g/mol. The number of alkyl halides is 3. The highest BCUT2D eigenvalue weighted by molar-refractivity contribution is 7.92. The van der Waals surface area contributed by atoms with Gasteiger partial charge in [-0.05, 0) is 25.1 Å². The van der Waals surface area contributed by atoms with E-state index in [1.54, 1.807) is 19.1 Å². The third-order valence-corrected chi connectivity index (χ3v) is 6.60. The van der Waals surface area contributed by atoms with Crippen molar-refractivity contribution in [2.75, 3.05) is 0 Å². The third kappa shape index (κ3) is 5.10. The highest BCUT2D eigenvalue weighted by Gasteiger charge is 2.44. The van der Waals surface area contributed by atoms with Crippen molar-refractivity contribution < 1.29 is 18.1 Å². The van der Waals surface area contributed by atoms with Gasteiger partial charge in [0.1, 0.15) is 0 Å². The van der Waals surface area contributed by atoms with E-state index in [9.17, 15) is 23.3 Å². The van der Waals surface area contributed by atoms with E-state index < -0.39 is 29.8 Å². The van der Waals surface area contributed by atoms with E-state index in [1.165, 1.54) is 30.3 Å². The average Bonchev–Trinajstić information content (AvgIpc) is 2.58. The molecule has 11 heteroatoms. The highest BCUT2D eigenvalue weighted by Crippen LogP contribution is 2.36. The summed E-state index contributed by atoms with van der Waals surface area (Å²) < 4.78 is 23.3. The Balaban J connectivity index is 2.40. The number of nitro benzene ring substituents is 1. The predicted octanol–water partition coefficient (Wildman–Crippen LogP) is 3.80. The molecule has 0 heterocycles. The molecule has 0 aliphatic rings. The standard InChI is InChI=1S/C16H13Cl3N2O5S/c1-10-5-7-13(8-6-10)27(25,26)15(16(17,18)19)20-14(22)11-3-2-4-12(9-11)21(23)24/h2-9,15H,1H3,(H,20,22)/t15-/m0/s1. The zero-order chi connectivity index (χ0) is 20.4. The second-order valence-corrected chi connectivity index (χ2v) is 9.96. The Morgan fingerprint density at radius 1 is 1.15 bits per heavy atom. The zero-order valence-corrected chi connectivity index (χ0v) is 16.8. The van der Waals surface area contributed by atoms with Crippen molar-refractivity contribution in [2.24, 2.45) is 0 Å². The summed E-state index contributed by atoms with van der Waals surface area (Å²) in [5.41, 5.74) is 0.331. The van der Waals surface area contributed by atoms with E-state index in [-0.39, 0.29) is 16.1 Å². The quantitative estimate of drug-likeness (QED) is 0.423. The molecular weight excluding hydrogens is 439 g/mol. The van der Waals surface area contributed by atoms with Crippen LogP contribution in [0.5, 0.6) is 0 Å². The maximum Gasteiger partial charge on any atom is 0.270 e. The second kappa shape index (κ2) is 8.02. The van der Waals surface area contributed by atoms with Crippen LogP contribution in [0.1, 0.15) is 15.9 Å². The van der Waals surface area contributed by atoms with Gasteiger partial charge < -0.3 is 5.32 Å². The van der Waals surface area contributed by atoms with E-state index in [0.717, 1.165) is 11.6 Å². The molecule has 0 aliphatic carbocycles. The topological polar surface area (TPSA) is 106 Å². The Labute approximate surface area is 170 Å². The molecule has 7 nitrogen and oxygen atoms in total. The van der Waals surface area contributed by atoms with Crippen molar-refractivity contribution in [1.82, 2.24) is 5.32 Å². The fourth-order valence-corrected chi connectivity index (χ4v) is 4.78. The van der Waals surface area contributed by atoms with Crippen molar-refractivity contribution in [2.45, 2.75) is 21.0 Å². The van der Waals surface area contributed by atoms with Gasteiger partial charge in [0.15, 0.2) is 5.37 Å². The Hall–Kier alpha value is -1.87. The van der Waals surface area contributed by atoms with Crippen molar-refractivity contribution in [3.05, 3.63) is 69.8 Å². The number of nitrogens with one attached hydrogen (secondary N) is 1. The molecule has 1 N–H and O–H groups in total. The molecule has 0 saturated heterocycles.